The minimum Gasteiger partial charge on any atom is -0.461 e. The Morgan fingerprint density at radius 3 is 2.59 bits per heavy atom. The van der Waals surface area contributed by atoms with E-state index in [0.717, 1.165) is 4.57 Å². The van der Waals surface area contributed by atoms with Gasteiger partial charge in [0.05, 0.1) is 18.8 Å². The first-order valence-electron chi connectivity index (χ1n) is 8.80. The van der Waals surface area contributed by atoms with Gasteiger partial charge < -0.3 is 41.6 Å². The number of anilines is 1. The van der Waals surface area contributed by atoms with E-state index in [1.165, 1.54) is 12.3 Å². The van der Waals surface area contributed by atoms with Crippen LogP contribution in [-0.4, -0.2) is 79.9 Å². The highest BCUT2D eigenvalue weighted by Gasteiger charge is 2.50. The molecule has 2 rings (SSSR count). The molecule has 0 aliphatic carbocycles. The van der Waals surface area contributed by atoms with Crippen LogP contribution in [0, 0.1) is 0 Å². The molecule has 6 unspecified atom stereocenters. The second-order valence-corrected chi connectivity index (χ2v) is 6.78. The number of hydrogen-bond acceptors (Lipinski definition) is 11. The van der Waals surface area contributed by atoms with Crippen molar-refractivity contribution in [2.24, 2.45) is 5.73 Å². The number of nitrogens with zero attached hydrogens (tertiary/aromatic N) is 2. The molecule has 1 aliphatic heterocycles. The number of esters is 1. The lowest BCUT2D eigenvalue weighted by Gasteiger charge is -2.42. The van der Waals surface area contributed by atoms with E-state index in [0.29, 0.717) is 0 Å². The fourth-order valence-corrected chi connectivity index (χ4v) is 2.74. The van der Waals surface area contributed by atoms with E-state index < -0.39 is 66.9 Å². The number of rotatable bonds is 6. The topological polar surface area (TPSA) is 212 Å². The van der Waals surface area contributed by atoms with Crippen LogP contribution in [0.25, 0.3) is 0 Å². The van der Waals surface area contributed by atoms with Gasteiger partial charge in [-0.05, 0) is 19.9 Å². The molecule has 0 saturated carbocycles. The molecule has 1 aliphatic rings. The molecule has 0 radical (unpaired) electrons. The molecular formula is C16H25N5O8. The second kappa shape index (κ2) is 9.28. The number of aromatic nitrogens is 2. The number of nitrogens with two attached hydrogens (primary N) is 2. The summed E-state index contributed by atoms with van der Waals surface area (Å²) in [5.74, 6) is -1.91. The molecule has 162 valence electrons. The molecular weight excluding hydrogens is 390 g/mol. The maximum atomic E-state index is 12.5. The Labute approximate surface area is 165 Å². The Kier molecular flexibility index (Phi) is 7.26. The lowest BCUT2D eigenvalue weighted by atomic mass is 9.94. The summed E-state index contributed by atoms with van der Waals surface area (Å²) < 4.78 is 11.5. The van der Waals surface area contributed by atoms with Crippen molar-refractivity contribution in [1.82, 2.24) is 14.9 Å². The van der Waals surface area contributed by atoms with E-state index in [2.05, 4.69) is 10.3 Å². The average Bonchev–Trinajstić information content (AvgIpc) is 2.64. The molecule has 1 fully saturated rings. The van der Waals surface area contributed by atoms with E-state index >= 15 is 0 Å². The van der Waals surface area contributed by atoms with Crippen molar-refractivity contribution in [2.45, 2.75) is 56.6 Å². The number of nitrogen functional groups attached to an aromatic ring is 1. The molecule has 8 N–H and O–H groups in total. The van der Waals surface area contributed by atoms with Crippen molar-refractivity contribution in [1.29, 1.82) is 0 Å². The van der Waals surface area contributed by atoms with Crippen molar-refractivity contribution >= 4 is 17.7 Å². The molecule has 0 aromatic carbocycles. The number of nitrogens with one attached hydrogen (secondary N) is 1. The van der Waals surface area contributed by atoms with E-state index in [4.69, 9.17) is 26.0 Å². The van der Waals surface area contributed by atoms with Gasteiger partial charge in [-0.2, -0.15) is 4.98 Å². The van der Waals surface area contributed by atoms with Crippen LogP contribution in [0.4, 0.5) is 5.82 Å². The number of hydrogen-bond donors (Lipinski definition) is 6. The predicted molar refractivity (Wildman–Crippen MR) is 97.1 cm³/mol. The fourth-order valence-electron chi connectivity index (χ4n) is 2.74. The van der Waals surface area contributed by atoms with Crippen LogP contribution in [0.5, 0.6) is 0 Å². The summed E-state index contributed by atoms with van der Waals surface area (Å²) in [7, 11) is 0. The summed E-state index contributed by atoms with van der Waals surface area (Å²) in [6.07, 6.45) is -5.98. The Bertz CT molecular complexity index is 800. The summed E-state index contributed by atoms with van der Waals surface area (Å²) in [5.41, 5.74) is 9.99. The monoisotopic (exact) mass is 415 g/mol. The number of carbonyl (C=O) groups excluding carboxylic acids is 2. The van der Waals surface area contributed by atoms with E-state index in [1.54, 1.807) is 13.8 Å². The molecule has 0 bridgehead atoms. The van der Waals surface area contributed by atoms with Gasteiger partial charge in [-0.3, -0.25) is 9.36 Å². The van der Waals surface area contributed by atoms with Crippen LogP contribution in [0.3, 0.4) is 0 Å². The van der Waals surface area contributed by atoms with E-state index in [9.17, 15) is 24.6 Å². The number of amides is 1. The molecule has 13 heteroatoms. The van der Waals surface area contributed by atoms with Crippen LogP contribution in [0.2, 0.25) is 0 Å². The van der Waals surface area contributed by atoms with Gasteiger partial charge in [0.15, 0.2) is 12.3 Å². The zero-order chi connectivity index (χ0) is 21.9. The highest BCUT2D eigenvalue weighted by molar-refractivity contribution is 5.83. The minimum absolute atomic E-state index is 0.0732. The van der Waals surface area contributed by atoms with Gasteiger partial charge in [0.25, 0.3) is 0 Å². The van der Waals surface area contributed by atoms with Crippen molar-refractivity contribution in [3.05, 3.63) is 22.7 Å². The Morgan fingerprint density at radius 1 is 1.38 bits per heavy atom. The molecule has 1 aromatic rings. The van der Waals surface area contributed by atoms with Gasteiger partial charge in [-0.15, -0.1) is 0 Å². The van der Waals surface area contributed by atoms with Gasteiger partial charge in [0.1, 0.15) is 24.1 Å². The molecule has 2 heterocycles. The van der Waals surface area contributed by atoms with Crippen molar-refractivity contribution in [3.63, 3.8) is 0 Å². The second-order valence-electron chi connectivity index (χ2n) is 6.78. The summed E-state index contributed by atoms with van der Waals surface area (Å²) in [6.45, 7) is 2.47. The zero-order valence-electron chi connectivity index (χ0n) is 15.8. The Morgan fingerprint density at radius 2 is 2.03 bits per heavy atom. The first-order valence-corrected chi connectivity index (χ1v) is 8.80. The molecule has 13 nitrogen and oxygen atoms in total. The lowest BCUT2D eigenvalue weighted by Crippen LogP contribution is -2.66. The van der Waals surface area contributed by atoms with Gasteiger partial charge >= 0.3 is 11.7 Å². The maximum absolute atomic E-state index is 12.5. The van der Waals surface area contributed by atoms with Gasteiger partial charge in [0, 0.05) is 6.20 Å². The summed E-state index contributed by atoms with van der Waals surface area (Å²) in [6, 6.07) is -1.53. The highest BCUT2D eigenvalue weighted by atomic mass is 16.6. The number of aliphatic hydroxyl groups excluding tert-OH is 3. The number of aliphatic hydroxyl groups is 3. The normalized spacial score (nSPS) is 28.0. The third-order valence-corrected chi connectivity index (χ3v) is 4.17. The highest BCUT2D eigenvalue weighted by Crippen LogP contribution is 2.28. The Hall–Kier alpha value is -2.58. The van der Waals surface area contributed by atoms with Gasteiger partial charge in [-0.1, -0.05) is 0 Å². The van der Waals surface area contributed by atoms with E-state index in [1.807, 2.05) is 0 Å². The standard InChI is InChI=1S/C16H25N5O8/c1-6(2)28-15(26)12-9(20-13(25)7(17)5-22)10(23)11(24)14(29-12)21-4-3-8(18)19-16(21)27/h3-4,6-7,9-12,14,22-24H,5,17H2,1-2H3,(H,20,25)(H2,18,19,27). The van der Waals surface area contributed by atoms with Crippen molar-refractivity contribution < 1.29 is 34.4 Å². The van der Waals surface area contributed by atoms with Crippen molar-refractivity contribution in [2.75, 3.05) is 12.3 Å². The molecule has 29 heavy (non-hydrogen) atoms. The molecule has 1 amide bonds. The fraction of sp³-hybridized carbons (Fsp3) is 0.625. The maximum Gasteiger partial charge on any atom is 0.351 e. The first kappa shape index (κ1) is 22.7. The lowest BCUT2D eigenvalue weighted by molar-refractivity contribution is -0.225. The zero-order valence-corrected chi connectivity index (χ0v) is 15.8. The van der Waals surface area contributed by atoms with Crippen LogP contribution in [-0.2, 0) is 19.1 Å². The smallest absolute Gasteiger partial charge is 0.351 e. The van der Waals surface area contributed by atoms with Crippen molar-refractivity contribution in [3.8, 4) is 0 Å². The molecule has 1 aromatic heterocycles. The average molecular weight is 415 g/mol. The van der Waals surface area contributed by atoms with Crippen LogP contribution >= 0.6 is 0 Å². The minimum atomic E-state index is -1.75. The summed E-state index contributed by atoms with van der Waals surface area (Å²) in [4.78, 5) is 40.2. The van der Waals surface area contributed by atoms with Crippen LogP contribution in [0.1, 0.15) is 20.1 Å². The third kappa shape index (κ3) is 5.07. The number of carbonyl (C=O) groups is 2. The molecule has 1 saturated heterocycles. The summed E-state index contributed by atoms with van der Waals surface area (Å²) >= 11 is 0. The third-order valence-electron chi connectivity index (χ3n) is 4.17. The van der Waals surface area contributed by atoms with Gasteiger partial charge in [-0.25, -0.2) is 9.59 Å². The number of ether oxygens (including phenoxy) is 2. The largest absolute Gasteiger partial charge is 0.461 e. The van der Waals surface area contributed by atoms with E-state index in [-0.39, 0.29) is 5.82 Å². The molecule has 6 atom stereocenters. The van der Waals surface area contributed by atoms with Crippen LogP contribution < -0.4 is 22.5 Å². The predicted octanol–water partition coefficient (Wildman–Crippen LogP) is -3.80. The Balaban J connectivity index is 2.39. The van der Waals surface area contributed by atoms with Crippen LogP contribution in [0.15, 0.2) is 17.1 Å². The summed E-state index contributed by atoms with van der Waals surface area (Å²) in [5, 5.41) is 32.3. The SMILES string of the molecule is CC(C)OC(=O)C1OC(n2ccc(N)nc2=O)C(O)C(O)C1NC(=O)C(N)CO. The van der Waals surface area contributed by atoms with Gasteiger partial charge in [0.2, 0.25) is 5.91 Å². The quantitative estimate of drug-likeness (QED) is 0.248. The molecule has 0 spiro atoms. The first-order chi connectivity index (χ1) is 13.6.